The van der Waals surface area contributed by atoms with E-state index in [1.165, 1.54) is 12.1 Å². The smallest absolute Gasteiger partial charge is 0.165 e. The maximum absolute atomic E-state index is 13.0. The number of phenolic OH excluding ortho intramolecular Hbond substituents is 1. The van der Waals surface area contributed by atoms with E-state index in [1.54, 1.807) is 6.07 Å². The molecular formula is C12H18FNOS. The van der Waals surface area contributed by atoms with Gasteiger partial charge < -0.3 is 10.4 Å². The molecule has 0 aliphatic rings. The lowest BCUT2D eigenvalue weighted by atomic mass is 10.2. The molecule has 1 rings (SSSR count). The number of phenols is 1. The monoisotopic (exact) mass is 243 g/mol. The lowest BCUT2D eigenvalue weighted by molar-refractivity contribution is 0.431. The molecule has 0 radical (unpaired) electrons. The van der Waals surface area contributed by atoms with Gasteiger partial charge in [-0.25, -0.2) is 4.39 Å². The second-order valence-corrected chi connectivity index (χ2v) is 5.07. The molecule has 2 N–H and O–H groups in total. The SMILES string of the molecule is CSC(C)CCNCc1ccc(O)c(F)c1. The summed E-state index contributed by atoms with van der Waals surface area (Å²) in [6.45, 7) is 3.75. The van der Waals surface area contributed by atoms with Crippen molar-refractivity contribution in [1.82, 2.24) is 5.32 Å². The van der Waals surface area contributed by atoms with Crippen molar-refractivity contribution in [3.05, 3.63) is 29.6 Å². The number of hydrogen-bond acceptors (Lipinski definition) is 3. The van der Waals surface area contributed by atoms with Crippen LogP contribution in [0.15, 0.2) is 18.2 Å². The Morgan fingerprint density at radius 3 is 2.88 bits per heavy atom. The summed E-state index contributed by atoms with van der Waals surface area (Å²) in [6.07, 6.45) is 3.20. The van der Waals surface area contributed by atoms with Crippen LogP contribution in [-0.4, -0.2) is 23.2 Å². The maximum Gasteiger partial charge on any atom is 0.165 e. The Hall–Kier alpha value is -0.740. The highest BCUT2D eigenvalue weighted by molar-refractivity contribution is 7.99. The molecule has 90 valence electrons. The molecule has 0 saturated heterocycles. The van der Waals surface area contributed by atoms with Crippen LogP contribution in [0.1, 0.15) is 18.9 Å². The molecule has 1 aromatic carbocycles. The van der Waals surface area contributed by atoms with Crippen molar-refractivity contribution in [3.8, 4) is 5.75 Å². The fourth-order valence-corrected chi connectivity index (χ4v) is 1.67. The van der Waals surface area contributed by atoms with Gasteiger partial charge in [0.25, 0.3) is 0 Å². The fourth-order valence-electron chi connectivity index (χ4n) is 1.32. The molecule has 0 amide bonds. The van der Waals surface area contributed by atoms with Crippen molar-refractivity contribution in [2.45, 2.75) is 25.1 Å². The number of thioether (sulfide) groups is 1. The number of halogens is 1. The third-order valence-electron chi connectivity index (χ3n) is 2.47. The van der Waals surface area contributed by atoms with Gasteiger partial charge in [0.1, 0.15) is 0 Å². The van der Waals surface area contributed by atoms with E-state index < -0.39 is 5.82 Å². The normalized spacial score (nSPS) is 12.7. The molecule has 0 saturated carbocycles. The second kappa shape index (κ2) is 6.76. The molecule has 16 heavy (non-hydrogen) atoms. The number of nitrogens with one attached hydrogen (secondary N) is 1. The van der Waals surface area contributed by atoms with Crippen molar-refractivity contribution < 1.29 is 9.50 Å². The van der Waals surface area contributed by atoms with Crippen molar-refractivity contribution in [3.63, 3.8) is 0 Å². The molecular weight excluding hydrogens is 225 g/mol. The number of aromatic hydroxyl groups is 1. The molecule has 4 heteroatoms. The first-order valence-corrected chi connectivity index (χ1v) is 6.63. The lowest BCUT2D eigenvalue weighted by Gasteiger charge is -2.09. The van der Waals surface area contributed by atoms with Crippen molar-refractivity contribution in [2.24, 2.45) is 0 Å². The van der Waals surface area contributed by atoms with Gasteiger partial charge in [-0.1, -0.05) is 13.0 Å². The third kappa shape index (κ3) is 4.41. The van der Waals surface area contributed by atoms with Crippen LogP contribution in [0.25, 0.3) is 0 Å². The molecule has 0 bridgehead atoms. The summed E-state index contributed by atoms with van der Waals surface area (Å²) >= 11 is 1.84. The highest BCUT2D eigenvalue weighted by atomic mass is 32.2. The molecule has 0 heterocycles. The van der Waals surface area contributed by atoms with Crippen LogP contribution in [-0.2, 0) is 6.54 Å². The zero-order valence-corrected chi connectivity index (χ0v) is 10.5. The Bertz CT molecular complexity index is 333. The minimum Gasteiger partial charge on any atom is -0.505 e. The van der Waals surface area contributed by atoms with Gasteiger partial charge in [-0.3, -0.25) is 0 Å². The molecule has 0 fully saturated rings. The van der Waals surface area contributed by atoms with Crippen LogP contribution in [0.3, 0.4) is 0 Å². The summed E-state index contributed by atoms with van der Waals surface area (Å²) in [7, 11) is 0. The van der Waals surface area contributed by atoms with Crippen LogP contribution in [0.5, 0.6) is 5.75 Å². The molecule has 1 aromatic rings. The van der Waals surface area contributed by atoms with Gasteiger partial charge in [0.2, 0.25) is 0 Å². The van der Waals surface area contributed by atoms with Crippen LogP contribution in [0.2, 0.25) is 0 Å². The Balaban J connectivity index is 2.29. The molecule has 0 spiro atoms. The van der Waals surface area contributed by atoms with Gasteiger partial charge >= 0.3 is 0 Å². The zero-order chi connectivity index (χ0) is 12.0. The minimum absolute atomic E-state index is 0.292. The Kier molecular flexibility index (Phi) is 5.63. The Morgan fingerprint density at radius 2 is 2.25 bits per heavy atom. The van der Waals surface area contributed by atoms with Gasteiger partial charge in [-0.05, 0) is 36.9 Å². The van der Waals surface area contributed by atoms with E-state index in [0.717, 1.165) is 18.5 Å². The standard InChI is InChI=1S/C12H18FNOS/c1-9(16-2)5-6-14-8-10-3-4-12(15)11(13)7-10/h3-4,7,9,14-15H,5-6,8H2,1-2H3. The van der Waals surface area contributed by atoms with E-state index in [0.29, 0.717) is 11.8 Å². The maximum atomic E-state index is 13.0. The average Bonchev–Trinajstić information content (AvgIpc) is 2.28. The summed E-state index contributed by atoms with van der Waals surface area (Å²) in [5.74, 6) is -0.850. The van der Waals surface area contributed by atoms with Crippen molar-refractivity contribution in [1.29, 1.82) is 0 Å². The molecule has 0 aromatic heterocycles. The van der Waals surface area contributed by atoms with Gasteiger partial charge in [0.15, 0.2) is 11.6 Å². The van der Waals surface area contributed by atoms with Crippen molar-refractivity contribution in [2.75, 3.05) is 12.8 Å². The quantitative estimate of drug-likeness (QED) is 0.754. The summed E-state index contributed by atoms with van der Waals surface area (Å²) in [5.41, 5.74) is 0.854. The van der Waals surface area contributed by atoms with Crippen LogP contribution >= 0.6 is 11.8 Å². The van der Waals surface area contributed by atoms with E-state index in [4.69, 9.17) is 5.11 Å². The summed E-state index contributed by atoms with van der Waals surface area (Å²) in [6, 6.07) is 4.47. The molecule has 1 atom stereocenters. The van der Waals surface area contributed by atoms with E-state index >= 15 is 0 Å². The summed E-state index contributed by atoms with van der Waals surface area (Å²) in [4.78, 5) is 0. The van der Waals surface area contributed by atoms with Crippen LogP contribution in [0.4, 0.5) is 4.39 Å². The minimum atomic E-state index is -0.559. The Labute approximate surface area is 100 Å². The highest BCUT2D eigenvalue weighted by Crippen LogP contribution is 2.16. The van der Waals surface area contributed by atoms with Crippen LogP contribution < -0.4 is 5.32 Å². The number of hydrogen-bond donors (Lipinski definition) is 2. The van der Waals surface area contributed by atoms with Gasteiger partial charge in [0, 0.05) is 11.8 Å². The topological polar surface area (TPSA) is 32.3 Å². The first-order valence-electron chi connectivity index (χ1n) is 5.34. The summed E-state index contributed by atoms with van der Waals surface area (Å²) < 4.78 is 13.0. The predicted octanol–water partition coefficient (Wildman–Crippen LogP) is 2.76. The molecule has 2 nitrogen and oxygen atoms in total. The average molecular weight is 243 g/mol. The molecule has 0 aliphatic heterocycles. The van der Waals surface area contributed by atoms with Crippen molar-refractivity contribution >= 4 is 11.8 Å². The van der Waals surface area contributed by atoms with Gasteiger partial charge in [-0.2, -0.15) is 11.8 Å². The first-order chi connectivity index (χ1) is 7.63. The van der Waals surface area contributed by atoms with E-state index in [2.05, 4.69) is 18.5 Å². The Morgan fingerprint density at radius 1 is 1.50 bits per heavy atom. The van der Waals surface area contributed by atoms with E-state index in [1.807, 2.05) is 11.8 Å². The predicted molar refractivity (Wildman–Crippen MR) is 67.4 cm³/mol. The van der Waals surface area contributed by atoms with Gasteiger partial charge in [0.05, 0.1) is 0 Å². The lowest BCUT2D eigenvalue weighted by Crippen LogP contribution is -2.17. The fraction of sp³-hybridized carbons (Fsp3) is 0.500. The first kappa shape index (κ1) is 13.3. The second-order valence-electron chi connectivity index (χ2n) is 3.80. The number of benzene rings is 1. The molecule has 1 unspecified atom stereocenters. The van der Waals surface area contributed by atoms with Crippen LogP contribution in [0, 0.1) is 5.82 Å². The summed E-state index contributed by atoms with van der Waals surface area (Å²) in [5, 5.41) is 12.9. The van der Waals surface area contributed by atoms with E-state index in [9.17, 15) is 4.39 Å². The number of rotatable bonds is 6. The molecule has 0 aliphatic carbocycles. The highest BCUT2D eigenvalue weighted by Gasteiger charge is 2.02. The third-order valence-corrected chi connectivity index (χ3v) is 3.51. The zero-order valence-electron chi connectivity index (χ0n) is 9.66. The van der Waals surface area contributed by atoms with E-state index in [-0.39, 0.29) is 5.75 Å². The largest absolute Gasteiger partial charge is 0.505 e. The van der Waals surface area contributed by atoms with Gasteiger partial charge in [-0.15, -0.1) is 0 Å².